The van der Waals surface area contributed by atoms with Crippen molar-refractivity contribution in [3.63, 3.8) is 0 Å². The summed E-state index contributed by atoms with van der Waals surface area (Å²) in [5.41, 5.74) is 3.66. The molecule has 2 aliphatic heterocycles. The predicted molar refractivity (Wildman–Crippen MR) is 109 cm³/mol. The summed E-state index contributed by atoms with van der Waals surface area (Å²) in [6.07, 6.45) is 4.20. The van der Waals surface area contributed by atoms with E-state index in [0.717, 1.165) is 55.0 Å². The number of pyridine rings is 1. The number of nitrogens with zero attached hydrogens (tertiary/aromatic N) is 2. The van der Waals surface area contributed by atoms with Gasteiger partial charge >= 0.3 is 0 Å². The lowest BCUT2D eigenvalue weighted by atomic mass is 10.0. The molecule has 2 fully saturated rings. The predicted octanol–water partition coefficient (Wildman–Crippen LogP) is 3.55. The first-order valence-electron chi connectivity index (χ1n) is 9.99. The number of hydrogen-bond donors (Lipinski definition) is 1. The highest BCUT2D eigenvalue weighted by Gasteiger charge is 2.40. The van der Waals surface area contributed by atoms with E-state index in [4.69, 9.17) is 9.47 Å². The van der Waals surface area contributed by atoms with E-state index in [9.17, 15) is 4.79 Å². The molecule has 1 aromatic heterocycles. The molecule has 2 saturated heterocycles. The Labute approximate surface area is 165 Å². The zero-order chi connectivity index (χ0) is 19.6. The number of ether oxygens (including phenoxy) is 2. The van der Waals surface area contributed by atoms with Crippen LogP contribution in [0.15, 0.2) is 36.5 Å². The van der Waals surface area contributed by atoms with Gasteiger partial charge in [0.1, 0.15) is 5.82 Å². The van der Waals surface area contributed by atoms with Crippen molar-refractivity contribution in [1.82, 2.24) is 4.98 Å². The minimum atomic E-state index is -0.388. The van der Waals surface area contributed by atoms with Crippen molar-refractivity contribution < 1.29 is 14.3 Å². The summed E-state index contributed by atoms with van der Waals surface area (Å²) >= 11 is 0. The smallest absolute Gasteiger partial charge is 0.257 e. The van der Waals surface area contributed by atoms with Gasteiger partial charge in [-0.3, -0.25) is 4.79 Å². The van der Waals surface area contributed by atoms with Crippen LogP contribution < -0.4 is 10.2 Å². The summed E-state index contributed by atoms with van der Waals surface area (Å²) < 4.78 is 11.6. The van der Waals surface area contributed by atoms with E-state index in [0.29, 0.717) is 18.8 Å². The maximum absolute atomic E-state index is 12.7. The average molecular weight is 381 g/mol. The third kappa shape index (κ3) is 3.75. The Balaban J connectivity index is 1.41. The molecule has 1 aromatic carbocycles. The molecule has 4 rings (SSSR count). The summed E-state index contributed by atoms with van der Waals surface area (Å²) in [5.74, 6) is 0.365. The van der Waals surface area contributed by atoms with Crippen molar-refractivity contribution in [1.29, 1.82) is 0 Å². The summed E-state index contributed by atoms with van der Waals surface area (Å²) in [6.45, 7) is 7.14. The Morgan fingerprint density at radius 3 is 2.57 bits per heavy atom. The molecule has 1 N–H and O–H groups in total. The standard InChI is InChI=1S/C22H27N3O3/c1-3-17-6-4-5-16(2)20(17)24-21(26)18-7-8-19(23-15-18)25-11-9-22(10-12-25)27-13-14-28-22/h4-8,15H,3,9-14H2,1-2H3,(H,24,26). The van der Waals surface area contributed by atoms with Gasteiger partial charge in [0, 0.05) is 37.8 Å². The lowest BCUT2D eigenvalue weighted by Gasteiger charge is -2.38. The molecule has 2 aliphatic rings. The zero-order valence-electron chi connectivity index (χ0n) is 16.5. The van der Waals surface area contributed by atoms with Gasteiger partial charge in [-0.15, -0.1) is 0 Å². The van der Waals surface area contributed by atoms with E-state index in [-0.39, 0.29) is 11.7 Å². The number of benzene rings is 1. The fraction of sp³-hybridized carbons (Fsp3) is 0.455. The van der Waals surface area contributed by atoms with E-state index in [1.165, 1.54) is 0 Å². The first kappa shape index (κ1) is 18.9. The largest absolute Gasteiger partial charge is 0.356 e. The third-order valence-corrected chi connectivity index (χ3v) is 5.65. The van der Waals surface area contributed by atoms with Crippen LogP contribution in [0.5, 0.6) is 0 Å². The van der Waals surface area contributed by atoms with Crippen LogP contribution in [-0.2, 0) is 15.9 Å². The van der Waals surface area contributed by atoms with E-state index >= 15 is 0 Å². The van der Waals surface area contributed by atoms with Gasteiger partial charge < -0.3 is 19.7 Å². The van der Waals surface area contributed by atoms with Crippen molar-refractivity contribution in [2.45, 2.75) is 38.9 Å². The Morgan fingerprint density at radius 1 is 1.18 bits per heavy atom. The van der Waals surface area contributed by atoms with Gasteiger partial charge in [0.15, 0.2) is 5.79 Å². The number of aromatic nitrogens is 1. The molecule has 0 radical (unpaired) electrons. The monoisotopic (exact) mass is 381 g/mol. The van der Waals surface area contributed by atoms with Crippen LogP contribution in [0.4, 0.5) is 11.5 Å². The second-order valence-corrected chi connectivity index (χ2v) is 7.42. The van der Waals surface area contributed by atoms with Crippen molar-refractivity contribution in [3.05, 3.63) is 53.2 Å². The van der Waals surface area contributed by atoms with Crippen LogP contribution in [0.3, 0.4) is 0 Å². The van der Waals surface area contributed by atoms with Gasteiger partial charge in [-0.1, -0.05) is 25.1 Å². The number of rotatable bonds is 4. The molecule has 28 heavy (non-hydrogen) atoms. The second-order valence-electron chi connectivity index (χ2n) is 7.42. The number of nitrogens with one attached hydrogen (secondary N) is 1. The maximum Gasteiger partial charge on any atom is 0.257 e. The van der Waals surface area contributed by atoms with E-state index < -0.39 is 0 Å². The number of carbonyl (C=O) groups is 1. The zero-order valence-corrected chi connectivity index (χ0v) is 16.5. The average Bonchev–Trinajstić information content (AvgIpc) is 3.18. The number of piperidine rings is 1. The number of hydrogen-bond acceptors (Lipinski definition) is 5. The van der Waals surface area contributed by atoms with Crippen molar-refractivity contribution in [2.24, 2.45) is 0 Å². The summed E-state index contributed by atoms with van der Waals surface area (Å²) in [5, 5.41) is 3.05. The quantitative estimate of drug-likeness (QED) is 0.878. The fourth-order valence-electron chi connectivity index (χ4n) is 3.96. The summed E-state index contributed by atoms with van der Waals surface area (Å²) in [4.78, 5) is 19.4. The number of para-hydroxylation sites is 1. The SMILES string of the molecule is CCc1cccc(C)c1NC(=O)c1ccc(N2CCC3(CC2)OCCO3)nc1. The molecule has 0 bridgehead atoms. The molecule has 1 spiro atoms. The molecular formula is C22H27N3O3. The van der Waals surface area contributed by atoms with Crippen molar-refractivity contribution in [2.75, 3.05) is 36.5 Å². The number of aryl methyl sites for hydroxylation is 2. The second kappa shape index (κ2) is 7.89. The van der Waals surface area contributed by atoms with E-state index in [1.807, 2.05) is 37.3 Å². The molecule has 148 valence electrons. The summed E-state index contributed by atoms with van der Waals surface area (Å²) in [6, 6.07) is 9.84. The molecule has 2 aromatic rings. The Bertz CT molecular complexity index is 835. The topological polar surface area (TPSA) is 63.7 Å². The van der Waals surface area contributed by atoms with Gasteiger partial charge in [0.25, 0.3) is 5.91 Å². The Hall–Kier alpha value is -2.44. The fourth-order valence-corrected chi connectivity index (χ4v) is 3.96. The minimum absolute atomic E-state index is 0.131. The Morgan fingerprint density at radius 2 is 1.93 bits per heavy atom. The lowest BCUT2D eigenvalue weighted by molar-refractivity contribution is -0.169. The molecule has 3 heterocycles. The molecule has 6 heteroatoms. The lowest BCUT2D eigenvalue weighted by Crippen LogP contribution is -2.45. The first-order valence-corrected chi connectivity index (χ1v) is 9.99. The molecule has 1 amide bonds. The molecule has 0 aliphatic carbocycles. The molecule has 0 unspecified atom stereocenters. The molecular weight excluding hydrogens is 354 g/mol. The minimum Gasteiger partial charge on any atom is -0.356 e. The molecule has 0 atom stereocenters. The first-order chi connectivity index (χ1) is 13.6. The van der Waals surface area contributed by atoms with Gasteiger partial charge in [-0.25, -0.2) is 4.98 Å². The van der Waals surface area contributed by atoms with Gasteiger partial charge in [-0.05, 0) is 36.6 Å². The van der Waals surface area contributed by atoms with Crippen molar-refractivity contribution >= 4 is 17.4 Å². The highest BCUT2D eigenvalue weighted by molar-refractivity contribution is 6.05. The van der Waals surface area contributed by atoms with Crippen LogP contribution in [-0.4, -0.2) is 43.0 Å². The van der Waals surface area contributed by atoms with Crippen molar-refractivity contribution in [3.8, 4) is 0 Å². The molecule has 0 saturated carbocycles. The summed E-state index contributed by atoms with van der Waals surface area (Å²) in [7, 11) is 0. The van der Waals surface area contributed by atoms with E-state index in [2.05, 4.69) is 22.1 Å². The van der Waals surface area contributed by atoms with Gasteiger partial charge in [0.2, 0.25) is 0 Å². The maximum atomic E-state index is 12.7. The number of amides is 1. The molecule has 6 nitrogen and oxygen atoms in total. The van der Waals surface area contributed by atoms with Crippen LogP contribution >= 0.6 is 0 Å². The highest BCUT2D eigenvalue weighted by atomic mass is 16.7. The van der Waals surface area contributed by atoms with E-state index in [1.54, 1.807) is 6.20 Å². The van der Waals surface area contributed by atoms with Gasteiger partial charge in [-0.2, -0.15) is 0 Å². The van der Waals surface area contributed by atoms with Crippen LogP contribution in [0.25, 0.3) is 0 Å². The third-order valence-electron chi connectivity index (χ3n) is 5.65. The number of anilines is 2. The van der Waals surface area contributed by atoms with Crippen LogP contribution in [0.1, 0.15) is 41.3 Å². The normalized spacial score (nSPS) is 18.4. The number of carbonyl (C=O) groups excluding carboxylic acids is 1. The van der Waals surface area contributed by atoms with Crippen LogP contribution in [0, 0.1) is 6.92 Å². The Kier molecular flexibility index (Phi) is 5.33. The van der Waals surface area contributed by atoms with Gasteiger partial charge in [0.05, 0.1) is 18.8 Å². The highest BCUT2D eigenvalue weighted by Crippen LogP contribution is 2.32. The van der Waals surface area contributed by atoms with Crippen LogP contribution in [0.2, 0.25) is 0 Å².